The van der Waals surface area contributed by atoms with E-state index in [9.17, 15) is 9.59 Å². The molecular formula is C10H9ClO3. The van der Waals surface area contributed by atoms with Crippen molar-refractivity contribution in [2.75, 3.05) is 5.88 Å². The number of alkyl halides is 1. The van der Waals surface area contributed by atoms with Gasteiger partial charge >= 0.3 is 5.97 Å². The van der Waals surface area contributed by atoms with E-state index in [4.69, 9.17) is 16.3 Å². The lowest BCUT2D eigenvalue weighted by Gasteiger charge is -2.01. The lowest BCUT2D eigenvalue weighted by molar-refractivity contribution is -0.131. The van der Waals surface area contributed by atoms with Gasteiger partial charge in [-0.15, -0.1) is 11.6 Å². The number of benzene rings is 1. The molecule has 0 amide bonds. The van der Waals surface area contributed by atoms with Crippen LogP contribution in [0.5, 0.6) is 5.75 Å². The van der Waals surface area contributed by atoms with Crippen molar-refractivity contribution in [1.29, 1.82) is 0 Å². The number of rotatable bonds is 3. The Morgan fingerprint density at radius 3 is 2.29 bits per heavy atom. The summed E-state index contributed by atoms with van der Waals surface area (Å²) in [5.41, 5.74) is 0.579. The maximum atomic E-state index is 10.9. The minimum Gasteiger partial charge on any atom is -0.426 e. The first-order valence-corrected chi connectivity index (χ1v) is 4.54. The number of hydrogen-bond acceptors (Lipinski definition) is 3. The van der Waals surface area contributed by atoms with Crippen molar-refractivity contribution < 1.29 is 14.3 Å². The first kappa shape index (κ1) is 10.7. The summed E-state index contributed by atoms with van der Waals surface area (Å²) in [7, 11) is 0. The molecule has 0 aliphatic heterocycles. The number of ether oxygens (including phenoxy) is 1. The molecule has 0 aliphatic rings. The summed E-state index contributed by atoms with van der Waals surface area (Å²) >= 11 is 5.25. The molecule has 0 bridgehead atoms. The largest absolute Gasteiger partial charge is 0.426 e. The van der Waals surface area contributed by atoms with Gasteiger partial charge in [0.15, 0.2) is 5.78 Å². The summed E-state index contributed by atoms with van der Waals surface area (Å²) < 4.78 is 4.82. The Kier molecular flexibility index (Phi) is 3.65. The Balaban J connectivity index is 2.73. The van der Waals surface area contributed by atoms with Crippen LogP contribution in [0.15, 0.2) is 24.3 Å². The smallest absolute Gasteiger partial charge is 0.326 e. The van der Waals surface area contributed by atoms with E-state index in [2.05, 4.69) is 0 Å². The maximum absolute atomic E-state index is 10.9. The monoisotopic (exact) mass is 212 g/mol. The van der Waals surface area contributed by atoms with E-state index in [-0.39, 0.29) is 11.7 Å². The van der Waals surface area contributed by atoms with Gasteiger partial charge in [-0.3, -0.25) is 9.59 Å². The molecule has 0 saturated carbocycles. The van der Waals surface area contributed by atoms with Gasteiger partial charge in [-0.1, -0.05) is 0 Å². The van der Waals surface area contributed by atoms with Crippen molar-refractivity contribution in [3.63, 3.8) is 0 Å². The van der Waals surface area contributed by atoms with Gasteiger partial charge in [0.1, 0.15) is 11.6 Å². The average molecular weight is 213 g/mol. The number of carbonyl (C=O) groups excluding carboxylic acids is 2. The van der Waals surface area contributed by atoms with Gasteiger partial charge in [-0.2, -0.15) is 0 Å². The molecular weight excluding hydrogens is 204 g/mol. The lowest BCUT2D eigenvalue weighted by atomic mass is 10.1. The van der Waals surface area contributed by atoms with Gasteiger partial charge in [0, 0.05) is 5.56 Å². The van der Waals surface area contributed by atoms with Crippen LogP contribution >= 0.6 is 11.6 Å². The highest BCUT2D eigenvalue weighted by atomic mass is 35.5. The fraction of sp³-hybridized carbons (Fsp3) is 0.200. The van der Waals surface area contributed by atoms with E-state index in [1.54, 1.807) is 24.3 Å². The molecule has 0 saturated heterocycles. The molecule has 3 nitrogen and oxygen atoms in total. The standard InChI is InChI=1S/C10H9ClO3/c1-7(12)8-2-4-9(5-3-8)14-10(13)6-11/h2-5H,6H2,1H3. The third kappa shape index (κ3) is 2.85. The summed E-state index contributed by atoms with van der Waals surface area (Å²) in [5.74, 6) is -0.336. The van der Waals surface area contributed by atoms with Crippen LogP contribution in [-0.4, -0.2) is 17.6 Å². The third-order valence-electron chi connectivity index (χ3n) is 1.60. The van der Waals surface area contributed by atoms with E-state index >= 15 is 0 Å². The molecule has 0 aliphatic carbocycles. The second kappa shape index (κ2) is 4.77. The third-order valence-corrected chi connectivity index (χ3v) is 1.82. The van der Waals surface area contributed by atoms with E-state index in [0.717, 1.165) is 0 Å². The molecule has 0 fully saturated rings. The fourth-order valence-electron chi connectivity index (χ4n) is 0.916. The highest BCUT2D eigenvalue weighted by Gasteiger charge is 2.03. The quantitative estimate of drug-likeness (QED) is 0.333. The second-order valence-electron chi connectivity index (χ2n) is 2.69. The molecule has 1 aromatic carbocycles. The Labute approximate surface area is 86.6 Å². The van der Waals surface area contributed by atoms with Gasteiger partial charge < -0.3 is 4.74 Å². The average Bonchev–Trinajstić information content (AvgIpc) is 2.18. The van der Waals surface area contributed by atoms with E-state index in [1.807, 2.05) is 0 Å². The van der Waals surface area contributed by atoms with Crippen LogP contribution in [0.4, 0.5) is 0 Å². The summed E-state index contributed by atoms with van der Waals surface area (Å²) in [4.78, 5) is 21.7. The van der Waals surface area contributed by atoms with Crippen LogP contribution in [0, 0.1) is 0 Å². The predicted molar refractivity (Wildman–Crippen MR) is 52.8 cm³/mol. The predicted octanol–water partition coefficient (Wildman–Crippen LogP) is 2.03. The Hall–Kier alpha value is -1.35. The molecule has 4 heteroatoms. The first-order chi connectivity index (χ1) is 6.63. The van der Waals surface area contributed by atoms with E-state index in [1.165, 1.54) is 6.92 Å². The summed E-state index contributed by atoms with van der Waals surface area (Å²) in [6.07, 6.45) is 0. The summed E-state index contributed by atoms with van der Waals surface area (Å²) in [6, 6.07) is 6.31. The molecule has 0 aromatic heterocycles. The number of Topliss-reactive ketones (excluding diaryl/α,β-unsaturated/α-hetero) is 1. The number of halogens is 1. The molecule has 0 N–H and O–H groups in total. The fourth-order valence-corrected chi connectivity index (χ4v) is 0.971. The Morgan fingerprint density at radius 1 is 1.29 bits per heavy atom. The maximum Gasteiger partial charge on any atom is 0.326 e. The molecule has 74 valence electrons. The second-order valence-corrected chi connectivity index (χ2v) is 2.96. The van der Waals surface area contributed by atoms with Gasteiger partial charge in [0.25, 0.3) is 0 Å². The molecule has 1 rings (SSSR count). The number of hydrogen-bond donors (Lipinski definition) is 0. The van der Waals surface area contributed by atoms with Crippen LogP contribution in [0.3, 0.4) is 0 Å². The van der Waals surface area contributed by atoms with E-state index < -0.39 is 5.97 Å². The van der Waals surface area contributed by atoms with Crippen LogP contribution in [0.1, 0.15) is 17.3 Å². The molecule has 0 heterocycles. The lowest BCUT2D eigenvalue weighted by Crippen LogP contribution is -2.08. The van der Waals surface area contributed by atoms with Gasteiger partial charge in [0.05, 0.1) is 0 Å². The minimum atomic E-state index is -0.512. The minimum absolute atomic E-state index is 0.0276. The zero-order valence-corrected chi connectivity index (χ0v) is 8.38. The summed E-state index contributed by atoms with van der Waals surface area (Å²) in [6.45, 7) is 1.47. The van der Waals surface area contributed by atoms with Gasteiger partial charge in [-0.25, -0.2) is 0 Å². The Morgan fingerprint density at radius 2 is 1.86 bits per heavy atom. The van der Waals surface area contributed by atoms with Crippen molar-refractivity contribution in [2.24, 2.45) is 0 Å². The zero-order chi connectivity index (χ0) is 10.6. The van der Waals surface area contributed by atoms with E-state index in [0.29, 0.717) is 11.3 Å². The van der Waals surface area contributed by atoms with Crippen molar-refractivity contribution in [3.05, 3.63) is 29.8 Å². The molecule has 0 radical (unpaired) electrons. The van der Waals surface area contributed by atoms with Crippen LogP contribution in [0.25, 0.3) is 0 Å². The molecule has 0 unspecified atom stereocenters. The summed E-state index contributed by atoms with van der Waals surface area (Å²) in [5, 5.41) is 0. The number of ketones is 1. The first-order valence-electron chi connectivity index (χ1n) is 4.01. The SMILES string of the molecule is CC(=O)c1ccc(OC(=O)CCl)cc1. The molecule has 0 spiro atoms. The Bertz CT molecular complexity index is 343. The van der Waals surface area contributed by atoms with Gasteiger partial charge in [0.2, 0.25) is 0 Å². The zero-order valence-electron chi connectivity index (χ0n) is 7.62. The van der Waals surface area contributed by atoms with Crippen LogP contribution in [0.2, 0.25) is 0 Å². The molecule has 14 heavy (non-hydrogen) atoms. The number of carbonyl (C=O) groups is 2. The topological polar surface area (TPSA) is 43.4 Å². The van der Waals surface area contributed by atoms with Crippen LogP contribution < -0.4 is 4.74 Å². The highest BCUT2D eigenvalue weighted by Crippen LogP contribution is 2.12. The normalized spacial score (nSPS) is 9.57. The van der Waals surface area contributed by atoms with Crippen molar-refractivity contribution in [2.45, 2.75) is 6.92 Å². The van der Waals surface area contributed by atoms with Gasteiger partial charge in [-0.05, 0) is 31.2 Å². The van der Waals surface area contributed by atoms with Crippen molar-refractivity contribution >= 4 is 23.4 Å². The van der Waals surface area contributed by atoms with Crippen LogP contribution in [-0.2, 0) is 4.79 Å². The molecule has 1 aromatic rings. The van der Waals surface area contributed by atoms with Crippen molar-refractivity contribution in [1.82, 2.24) is 0 Å². The van der Waals surface area contributed by atoms with Crippen molar-refractivity contribution in [3.8, 4) is 5.75 Å². The molecule has 0 atom stereocenters. The highest BCUT2D eigenvalue weighted by molar-refractivity contribution is 6.26. The number of esters is 1.